The van der Waals surface area contributed by atoms with Gasteiger partial charge in [0, 0.05) is 36.6 Å². The second-order valence-electron chi connectivity index (χ2n) is 7.61. The summed E-state index contributed by atoms with van der Waals surface area (Å²) in [5.74, 6) is 2.61. The SMILES string of the molecule is Clc1ccc2nc(C=Cc3cccc(N4CCCC4)n3)nc(N3CCOCC3)c2c1. The van der Waals surface area contributed by atoms with E-state index in [0.29, 0.717) is 24.1 Å². The zero-order valence-corrected chi connectivity index (χ0v) is 17.6. The maximum atomic E-state index is 6.25. The second kappa shape index (κ2) is 8.58. The molecule has 0 atom stereocenters. The highest BCUT2D eigenvalue weighted by atomic mass is 35.5. The van der Waals surface area contributed by atoms with Gasteiger partial charge in [0.05, 0.1) is 24.4 Å². The monoisotopic (exact) mass is 421 g/mol. The van der Waals surface area contributed by atoms with E-state index >= 15 is 0 Å². The first kappa shape index (κ1) is 19.3. The fraction of sp³-hybridized carbons (Fsp3) is 0.348. The largest absolute Gasteiger partial charge is 0.378 e. The van der Waals surface area contributed by atoms with Crippen molar-refractivity contribution in [2.45, 2.75) is 12.8 Å². The molecule has 0 bridgehead atoms. The van der Waals surface area contributed by atoms with E-state index in [9.17, 15) is 0 Å². The van der Waals surface area contributed by atoms with Crippen LogP contribution < -0.4 is 9.80 Å². The van der Waals surface area contributed by atoms with Crippen LogP contribution >= 0.6 is 11.6 Å². The Hall–Kier alpha value is -2.70. The fourth-order valence-electron chi connectivity index (χ4n) is 4.01. The van der Waals surface area contributed by atoms with Gasteiger partial charge in [-0.3, -0.25) is 0 Å². The van der Waals surface area contributed by atoms with Crippen molar-refractivity contribution in [3.8, 4) is 0 Å². The Bertz CT molecular complexity index is 1070. The summed E-state index contributed by atoms with van der Waals surface area (Å²) in [5.41, 5.74) is 1.79. The molecule has 5 rings (SSSR count). The van der Waals surface area contributed by atoms with Gasteiger partial charge in [0.15, 0.2) is 5.82 Å². The maximum absolute atomic E-state index is 6.25. The molecule has 1 aromatic carbocycles. The molecule has 0 aliphatic carbocycles. The number of fused-ring (bicyclic) bond motifs is 1. The van der Waals surface area contributed by atoms with Crippen LogP contribution in [0.1, 0.15) is 24.4 Å². The Morgan fingerprint density at radius 3 is 2.53 bits per heavy atom. The van der Waals surface area contributed by atoms with Crippen molar-refractivity contribution in [1.29, 1.82) is 0 Å². The summed E-state index contributed by atoms with van der Waals surface area (Å²) in [4.78, 5) is 19.0. The normalized spacial score (nSPS) is 17.4. The molecule has 0 radical (unpaired) electrons. The van der Waals surface area contributed by atoms with Crippen molar-refractivity contribution in [3.63, 3.8) is 0 Å². The molecule has 0 unspecified atom stereocenters. The Kier molecular flexibility index (Phi) is 5.51. The van der Waals surface area contributed by atoms with Gasteiger partial charge in [-0.1, -0.05) is 17.7 Å². The third-order valence-corrected chi connectivity index (χ3v) is 5.79. The fourth-order valence-corrected chi connectivity index (χ4v) is 4.18. The van der Waals surface area contributed by atoms with E-state index < -0.39 is 0 Å². The Balaban J connectivity index is 1.48. The van der Waals surface area contributed by atoms with Crippen LogP contribution in [-0.4, -0.2) is 54.3 Å². The molecule has 3 aromatic rings. The molecule has 0 amide bonds. The second-order valence-corrected chi connectivity index (χ2v) is 8.05. The zero-order chi connectivity index (χ0) is 20.3. The van der Waals surface area contributed by atoms with Crippen molar-refractivity contribution in [3.05, 3.63) is 52.9 Å². The summed E-state index contributed by atoms with van der Waals surface area (Å²) in [5, 5.41) is 1.66. The first-order valence-corrected chi connectivity index (χ1v) is 10.8. The maximum Gasteiger partial charge on any atom is 0.155 e. The van der Waals surface area contributed by atoms with E-state index in [1.165, 1.54) is 12.8 Å². The van der Waals surface area contributed by atoms with E-state index in [-0.39, 0.29) is 0 Å². The lowest BCUT2D eigenvalue weighted by atomic mass is 10.2. The molecule has 6 nitrogen and oxygen atoms in total. The number of benzene rings is 1. The van der Waals surface area contributed by atoms with Crippen molar-refractivity contribution >= 4 is 46.3 Å². The molecule has 4 heterocycles. The number of ether oxygens (including phenoxy) is 1. The summed E-state index contributed by atoms with van der Waals surface area (Å²) in [6.45, 7) is 5.18. The number of nitrogens with zero attached hydrogens (tertiary/aromatic N) is 5. The molecule has 30 heavy (non-hydrogen) atoms. The molecule has 154 valence electrons. The van der Waals surface area contributed by atoms with Crippen molar-refractivity contribution in [2.24, 2.45) is 0 Å². The van der Waals surface area contributed by atoms with Gasteiger partial charge in [-0.2, -0.15) is 0 Å². The Morgan fingerprint density at radius 1 is 0.867 bits per heavy atom. The number of aromatic nitrogens is 3. The molecule has 2 aromatic heterocycles. The highest BCUT2D eigenvalue weighted by Gasteiger charge is 2.17. The van der Waals surface area contributed by atoms with Gasteiger partial charge in [0.2, 0.25) is 0 Å². The molecule has 0 N–H and O–H groups in total. The number of halogens is 1. The Morgan fingerprint density at radius 2 is 1.70 bits per heavy atom. The van der Waals surface area contributed by atoms with Gasteiger partial charge in [-0.15, -0.1) is 0 Å². The smallest absolute Gasteiger partial charge is 0.155 e. The molecule has 2 fully saturated rings. The quantitative estimate of drug-likeness (QED) is 0.626. The summed E-state index contributed by atoms with van der Waals surface area (Å²) in [7, 11) is 0. The van der Waals surface area contributed by atoms with Crippen LogP contribution in [0.25, 0.3) is 23.1 Å². The van der Waals surface area contributed by atoms with Gasteiger partial charge in [0.25, 0.3) is 0 Å². The summed E-state index contributed by atoms with van der Waals surface area (Å²) in [6.07, 6.45) is 6.40. The van der Waals surface area contributed by atoms with Crippen molar-refractivity contribution in [2.75, 3.05) is 49.2 Å². The predicted molar refractivity (Wildman–Crippen MR) is 122 cm³/mol. The molecule has 2 aliphatic rings. The number of anilines is 2. The van der Waals surface area contributed by atoms with Crippen LogP contribution in [0.15, 0.2) is 36.4 Å². The van der Waals surface area contributed by atoms with Gasteiger partial charge in [-0.05, 0) is 55.3 Å². The van der Waals surface area contributed by atoms with Crippen LogP contribution in [0.3, 0.4) is 0 Å². The van der Waals surface area contributed by atoms with Gasteiger partial charge < -0.3 is 14.5 Å². The summed E-state index contributed by atoms with van der Waals surface area (Å²) in [6, 6.07) is 11.9. The number of hydrogen-bond acceptors (Lipinski definition) is 6. The average molecular weight is 422 g/mol. The molecule has 2 aliphatic heterocycles. The average Bonchev–Trinajstić information content (AvgIpc) is 3.33. The minimum Gasteiger partial charge on any atom is -0.378 e. The van der Waals surface area contributed by atoms with E-state index in [1.54, 1.807) is 0 Å². The van der Waals surface area contributed by atoms with Crippen LogP contribution in [0.2, 0.25) is 5.02 Å². The van der Waals surface area contributed by atoms with Crippen molar-refractivity contribution < 1.29 is 4.74 Å². The highest BCUT2D eigenvalue weighted by molar-refractivity contribution is 6.31. The van der Waals surface area contributed by atoms with Crippen LogP contribution in [0.4, 0.5) is 11.6 Å². The van der Waals surface area contributed by atoms with Crippen LogP contribution in [-0.2, 0) is 4.74 Å². The van der Waals surface area contributed by atoms with E-state index in [4.69, 9.17) is 31.3 Å². The minimum absolute atomic E-state index is 0.666. The summed E-state index contributed by atoms with van der Waals surface area (Å²) >= 11 is 6.25. The lowest BCUT2D eigenvalue weighted by Gasteiger charge is -2.28. The van der Waals surface area contributed by atoms with E-state index in [0.717, 1.165) is 54.4 Å². The highest BCUT2D eigenvalue weighted by Crippen LogP contribution is 2.28. The number of rotatable bonds is 4. The third kappa shape index (κ3) is 4.11. The zero-order valence-electron chi connectivity index (χ0n) is 16.8. The molecular weight excluding hydrogens is 398 g/mol. The molecular formula is C23H24ClN5O. The first-order chi connectivity index (χ1) is 14.8. The topological polar surface area (TPSA) is 54.4 Å². The van der Waals surface area contributed by atoms with Crippen LogP contribution in [0.5, 0.6) is 0 Å². The molecule has 2 saturated heterocycles. The number of hydrogen-bond donors (Lipinski definition) is 0. The van der Waals surface area contributed by atoms with Gasteiger partial charge in [-0.25, -0.2) is 15.0 Å². The molecule has 0 saturated carbocycles. The van der Waals surface area contributed by atoms with E-state index in [2.05, 4.69) is 21.9 Å². The van der Waals surface area contributed by atoms with Crippen molar-refractivity contribution in [1.82, 2.24) is 15.0 Å². The molecule has 0 spiro atoms. The first-order valence-electron chi connectivity index (χ1n) is 10.5. The van der Waals surface area contributed by atoms with Gasteiger partial charge >= 0.3 is 0 Å². The summed E-state index contributed by atoms with van der Waals surface area (Å²) < 4.78 is 5.51. The lowest BCUT2D eigenvalue weighted by Crippen LogP contribution is -2.37. The van der Waals surface area contributed by atoms with Gasteiger partial charge in [0.1, 0.15) is 11.6 Å². The number of morpholine rings is 1. The third-order valence-electron chi connectivity index (χ3n) is 5.55. The standard InChI is InChI=1S/C23H24ClN5O/c24-17-6-8-20-19(16-17)23(29-12-14-30-15-13-29)27-21(26-20)9-7-18-4-3-5-22(25-18)28-10-1-2-11-28/h3-9,16H,1-2,10-15H2. The predicted octanol–water partition coefficient (Wildman–Crippen LogP) is 4.29. The van der Waals surface area contributed by atoms with E-state index in [1.807, 2.05) is 36.4 Å². The minimum atomic E-state index is 0.666. The molecule has 7 heteroatoms. The lowest BCUT2D eigenvalue weighted by molar-refractivity contribution is 0.122. The van der Waals surface area contributed by atoms with Crippen LogP contribution in [0, 0.1) is 0 Å². The Labute approximate surface area is 181 Å². The number of pyridine rings is 1.